The Bertz CT molecular complexity index is 311. The average Bonchev–Trinajstić information content (AvgIpc) is 2.30. The molecular weight excluding hydrogens is 214 g/mol. The summed E-state index contributed by atoms with van der Waals surface area (Å²) in [4.78, 5) is 13.0. The van der Waals surface area contributed by atoms with Gasteiger partial charge in [0.2, 0.25) is 0 Å². The summed E-state index contributed by atoms with van der Waals surface area (Å²) in [6.45, 7) is 1.23. The lowest BCUT2D eigenvalue weighted by Gasteiger charge is -2.43. The van der Waals surface area contributed by atoms with E-state index in [1.807, 2.05) is 0 Å². The molecule has 0 aromatic carbocycles. The maximum absolute atomic E-state index is 10.5. The van der Waals surface area contributed by atoms with Gasteiger partial charge in [0.15, 0.2) is 0 Å². The van der Waals surface area contributed by atoms with Gasteiger partial charge in [-0.3, -0.25) is 4.79 Å². The molecule has 0 amide bonds. The van der Waals surface area contributed by atoms with Gasteiger partial charge in [-0.05, 0) is 58.0 Å². The van der Waals surface area contributed by atoms with Crippen molar-refractivity contribution in [3.8, 4) is 0 Å². The van der Waals surface area contributed by atoms with Crippen LogP contribution in [-0.4, -0.2) is 35.6 Å². The topological polar surface area (TPSA) is 40.5 Å². The zero-order valence-electron chi connectivity index (χ0n) is 10.7. The van der Waals surface area contributed by atoms with E-state index < -0.39 is 5.97 Å². The predicted octanol–water partition coefficient (Wildman–Crippen LogP) is 2.67. The number of hydrogen-bond acceptors (Lipinski definition) is 2. The third-order valence-corrected chi connectivity index (χ3v) is 4.29. The Labute approximate surface area is 103 Å². The molecule has 2 fully saturated rings. The van der Waals surface area contributed by atoms with Crippen molar-refractivity contribution in [2.45, 2.75) is 51.0 Å². The first-order chi connectivity index (χ1) is 8.16. The van der Waals surface area contributed by atoms with Crippen molar-refractivity contribution in [1.82, 2.24) is 4.90 Å². The van der Waals surface area contributed by atoms with Crippen LogP contribution in [0.15, 0.2) is 11.6 Å². The molecule has 1 aliphatic heterocycles. The normalized spacial score (nSPS) is 32.4. The van der Waals surface area contributed by atoms with Gasteiger partial charge in [-0.15, -0.1) is 0 Å². The molecule has 0 radical (unpaired) electrons. The highest BCUT2D eigenvalue weighted by Crippen LogP contribution is 2.37. The van der Waals surface area contributed by atoms with Gasteiger partial charge in [0.1, 0.15) is 0 Å². The number of likely N-dealkylation sites (tertiary alicyclic amines) is 1. The predicted molar refractivity (Wildman–Crippen MR) is 67.9 cm³/mol. The SMILES string of the molecule is CN1CCCC2CC/C(=C\CCC(=O)O)CC21. The zero-order chi connectivity index (χ0) is 12.3. The van der Waals surface area contributed by atoms with Crippen LogP contribution in [0.4, 0.5) is 0 Å². The van der Waals surface area contributed by atoms with Crippen molar-refractivity contribution >= 4 is 5.97 Å². The Hall–Kier alpha value is -0.830. The first-order valence-electron chi connectivity index (χ1n) is 6.77. The summed E-state index contributed by atoms with van der Waals surface area (Å²) in [5, 5.41) is 8.63. The van der Waals surface area contributed by atoms with Crippen molar-refractivity contribution in [1.29, 1.82) is 0 Å². The molecule has 2 atom stereocenters. The molecular formula is C14H23NO2. The van der Waals surface area contributed by atoms with Crippen LogP contribution in [0, 0.1) is 5.92 Å². The first-order valence-corrected chi connectivity index (χ1v) is 6.77. The highest BCUT2D eigenvalue weighted by molar-refractivity contribution is 5.66. The average molecular weight is 237 g/mol. The summed E-state index contributed by atoms with van der Waals surface area (Å²) in [6, 6.07) is 0.716. The molecule has 1 saturated heterocycles. The lowest BCUT2D eigenvalue weighted by molar-refractivity contribution is -0.136. The van der Waals surface area contributed by atoms with Crippen LogP contribution in [0.2, 0.25) is 0 Å². The number of nitrogens with zero attached hydrogens (tertiary/aromatic N) is 1. The number of hydrogen-bond donors (Lipinski definition) is 1. The Morgan fingerprint density at radius 3 is 3.12 bits per heavy atom. The Morgan fingerprint density at radius 1 is 1.53 bits per heavy atom. The maximum Gasteiger partial charge on any atom is 0.303 e. The van der Waals surface area contributed by atoms with Crippen molar-refractivity contribution in [3.05, 3.63) is 11.6 Å². The smallest absolute Gasteiger partial charge is 0.303 e. The molecule has 0 spiro atoms. The number of piperidine rings is 1. The second-order valence-electron chi connectivity index (χ2n) is 5.49. The minimum Gasteiger partial charge on any atom is -0.481 e. The minimum absolute atomic E-state index is 0.271. The van der Waals surface area contributed by atoms with E-state index in [0.717, 1.165) is 5.92 Å². The summed E-state index contributed by atoms with van der Waals surface area (Å²) in [7, 11) is 2.23. The molecule has 3 nitrogen and oxygen atoms in total. The quantitative estimate of drug-likeness (QED) is 0.767. The molecule has 1 saturated carbocycles. The van der Waals surface area contributed by atoms with E-state index in [1.165, 1.54) is 44.2 Å². The van der Waals surface area contributed by atoms with E-state index in [4.69, 9.17) is 5.11 Å². The molecule has 1 heterocycles. The van der Waals surface area contributed by atoms with Crippen LogP contribution in [0.5, 0.6) is 0 Å². The van der Waals surface area contributed by atoms with Gasteiger partial charge in [-0.2, -0.15) is 0 Å². The second kappa shape index (κ2) is 5.67. The third-order valence-electron chi connectivity index (χ3n) is 4.29. The van der Waals surface area contributed by atoms with Crippen LogP contribution >= 0.6 is 0 Å². The van der Waals surface area contributed by atoms with E-state index in [0.29, 0.717) is 12.5 Å². The molecule has 1 N–H and O–H groups in total. The maximum atomic E-state index is 10.5. The molecule has 1 aliphatic carbocycles. The van der Waals surface area contributed by atoms with E-state index >= 15 is 0 Å². The number of carboxylic acids is 1. The number of aliphatic carboxylic acids is 1. The van der Waals surface area contributed by atoms with Gasteiger partial charge in [0, 0.05) is 12.5 Å². The van der Waals surface area contributed by atoms with Crippen molar-refractivity contribution in [3.63, 3.8) is 0 Å². The van der Waals surface area contributed by atoms with Gasteiger partial charge in [0.05, 0.1) is 0 Å². The van der Waals surface area contributed by atoms with Gasteiger partial charge in [0.25, 0.3) is 0 Å². The van der Waals surface area contributed by atoms with Gasteiger partial charge >= 0.3 is 5.97 Å². The summed E-state index contributed by atoms with van der Waals surface area (Å²) in [5.41, 5.74) is 1.49. The molecule has 96 valence electrons. The van der Waals surface area contributed by atoms with Crippen LogP contribution < -0.4 is 0 Å². The van der Waals surface area contributed by atoms with E-state index in [2.05, 4.69) is 18.0 Å². The number of fused-ring (bicyclic) bond motifs is 1. The summed E-state index contributed by atoms with van der Waals surface area (Å²) >= 11 is 0. The molecule has 0 bridgehead atoms. The van der Waals surface area contributed by atoms with Crippen LogP contribution in [0.3, 0.4) is 0 Å². The van der Waals surface area contributed by atoms with Crippen LogP contribution in [0.25, 0.3) is 0 Å². The lowest BCUT2D eigenvalue weighted by atomic mass is 9.76. The fourth-order valence-electron chi connectivity index (χ4n) is 3.31. The fraction of sp³-hybridized carbons (Fsp3) is 0.786. The molecule has 0 aromatic rings. The van der Waals surface area contributed by atoms with Gasteiger partial charge in [-0.1, -0.05) is 11.6 Å². The highest BCUT2D eigenvalue weighted by Gasteiger charge is 2.32. The summed E-state index contributed by atoms with van der Waals surface area (Å²) < 4.78 is 0. The highest BCUT2D eigenvalue weighted by atomic mass is 16.4. The Kier molecular flexibility index (Phi) is 4.21. The summed E-state index contributed by atoms with van der Waals surface area (Å²) in [5.74, 6) is 0.190. The molecule has 2 aliphatic rings. The van der Waals surface area contributed by atoms with E-state index in [-0.39, 0.29) is 6.42 Å². The Morgan fingerprint density at radius 2 is 2.35 bits per heavy atom. The minimum atomic E-state index is -0.690. The van der Waals surface area contributed by atoms with Crippen molar-refractivity contribution < 1.29 is 9.90 Å². The fourth-order valence-corrected chi connectivity index (χ4v) is 3.31. The largest absolute Gasteiger partial charge is 0.481 e. The first kappa shape index (κ1) is 12.6. The van der Waals surface area contributed by atoms with Crippen molar-refractivity contribution in [2.24, 2.45) is 5.92 Å². The van der Waals surface area contributed by atoms with E-state index in [9.17, 15) is 4.79 Å². The monoisotopic (exact) mass is 237 g/mol. The van der Waals surface area contributed by atoms with Gasteiger partial charge in [-0.25, -0.2) is 0 Å². The van der Waals surface area contributed by atoms with Crippen LogP contribution in [0.1, 0.15) is 44.9 Å². The number of carboxylic acid groups (broad SMARTS) is 1. The molecule has 2 unspecified atom stereocenters. The zero-order valence-corrected chi connectivity index (χ0v) is 10.7. The molecule has 2 rings (SSSR count). The van der Waals surface area contributed by atoms with Gasteiger partial charge < -0.3 is 10.0 Å². The summed E-state index contributed by atoms with van der Waals surface area (Å²) in [6.07, 6.45) is 9.53. The Balaban J connectivity index is 1.88. The molecule has 3 heteroatoms. The van der Waals surface area contributed by atoms with E-state index in [1.54, 1.807) is 0 Å². The number of carbonyl (C=O) groups is 1. The second-order valence-corrected chi connectivity index (χ2v) is 5.49. The number of rotatable bonds is 3. The number of allylic oxidation sites excluding steroid dienone is 1. The molecule has 17 heavy (non-hydrogen) atoms. The third kappa shape index (κ3) is 3.32. The molecule has 0 aromatic heterocycles. The standard InChI is InChI=1S/C14H23NO2/c1-15-9-3-5-12-8-7-11(10-13(12)15)4-2-6-14(16)17/h4,12-13H,2-3,5-10H2,1H3,(H,16,17)/b11-4+. The van der Waals surface area contributed by atoms with Crippen molar-refractivity contribution in [2.75, 3.05) is 13.6 Å². The lowest BCUT2D eigenvalue weighted by Crippen LogP contribution is -2.44. The van der Waals surface area contributed by atoms with Crippen LogP contribution in [-0.2, 0) is 4.79 Å².